The molecule has 288 valence electrons. The lowest BCUT2D eigenvalue weighted by Gasteiger charge is -2.32. The summed E-state index contributed by atoms with van der Waals surface area (Å²) in [7, 11) is 0. The number of aromatic amines is 1. The lowest BCUT2D eigenvalue weighted by molar-refractivity contribution is -0.141. The molecule has 4 heterocycles. The highest BCUT2D eigenvalue weighted by atomic mass is 16.6. The number of nitrogens with one attached hydrogen (secondary N) is 1. The summed E-state index contributed by atoms with van der Waals surface area (Å²) in [6, 6.07) is 6.12. The predicted molar refractivity (Wildman–Crippen MR) is 201 cm³/mol. The van der Waals surface area contributed by atoms with E-state index in [9.17, 15) is 29.7 Å². The Morgan fingerprint density at radius 3 is 2.65 bits per heavy atom. The molecule has 11 nitrogen and oxygen atoms in total. The summed E-state index contributed by atoms with van der Waals surface area (Å²) in [6.07, 6.45) is 8.42. The van der Waals surface area contributed by atoms with Gasteiger partial charge in [-0.05, 0) is 80.7 Å². The van der Waals surface area contributed by atoms with Gasteiger partial charge in [0.25, 0.3) is 0 Å². The number of hydrogen-bond acceptors (Lipinski definition) is 10. The molecule has 3 aliphatic heterocycles. The van der Waals surface area contributed by atoms with Crippen molar-refractivity contribution in [2.75, 3.05) is 19.8 Å². The van der Waals surface area contributed by atoms with E-state index in [1.807, 2.05) is 12.3 Å². The van der Waals surface area contributed by atoms with Crippen LogP contribution in [0.2, 0.25) is 0 Å². The van der Waals surface area contributed by atoms with E-state index >= 15 is 0 Å². The van der Waals surface area contributed by atoms with Crippen LogP contribution in [0, 0.1) is 5.92 Å². The maximum Gasteiger partial charge on any atom is 0.375 e. The van der Waals surface area contributed by atoms with Gasteiger partial charge in [-0.25, -0.2) is 4.79 Å². The fourth-order valence-corrected chi connectivity index (χ4v) is 8.70. The van der Waals surface area contributed by atoms with Crippen LogP contribution in [0.15, 0.2) is 41.3 Å². The summed E-state index contributed by atoms with van der Waals surface area (Å²) < 4.78 is 25.0. The summed E-state index contributed by atoms with van der Waals surface area (Å²) in [6.45, 7) is 4.99. The van der Waals surface area contributed by atoms with Gasteiger partial charge in [0.05, 0.1) is 42.1 Å². The minimum Gasteiger partial charge on any atom is -0.492 e. The molecular weight excluding hydrogens is 690 g/mol. The third kappa shape index (κ3) is 6.86. The number of H-pyrrole nitrogens is 1. The second-order valence-electron chi connectivity index (χ2n) is 15.4. The predicted octanol–water partition coefficient (Wildman–Crippen LogP) is 6.32. The third-order valence-corrected chi connectivity index (χ3v) is 11.7. The van der Waals surface area contributed by atoms with Gasteiger partial charge in [0.1, 0.15) is 29.1 Å². The van der Waals surface area contributed by atoms with Gasteiger partial charge < -0.3 is 39.3 Å². The van der Waals surface area contributed by atoms with Crippen LogP contribution in [0.25, 0.3) is 16.5 Å². The molecule has 0 saturated heterocycles. The van der Waals surface area contributed by atoms with E-state index in [1.165, 1.54) is 0 Å². The number of carbonyl (C=O) groups is 3. The minimum absolute atomic E-state index is 0.0222. The molecule has 4 N–H and O–H groups in total. The molecule has 1 aromatic heterocycles. The lowest BCUT2D eigenvalue weighted by Crippen LogP contribution is -2.42. The van der Waals surface area contributed by atoms with Crippen LogP contribution in [0.3, 0.4) is 0 Å². The second kappa shape index (κ2) is 15.7. The van der Waals surface area contributed by atoms with E-state index in [0.29, 0.717) is 60.2 Å². The highest BCUT2D eigenvalue weighted by molar-refractivity contribution is 6.11. The number of fused-ring (bicyclic) bond motifs is 7. The van der Waals surface area contributed by atoms with Gasteiger partial charge in [-0.2, -0.15) is 0 Å². The smallest absolute Gasteiger partial charge is 0.375 e. The number of unbranched alkanes of at least 4 members (excludes halogenated alkanes) is 3. The zero-order chi connectivity index (χ0) is 38.1. The Hall–Kier alpha value is -4.45. The number of carbonyl (C=O) groups excluding carboxylic acids is 3. The number of aliphatic hydroxyl groups excluding tert-OH is 2. The van der Waals surface area contributed by atoms with E-state index in [0.717, 1.165) is 53.3 Å². The van der Waals surface area contributed by atoms with Gasteiger partial charge in [0.2, 0.25) is 5.76 Å². The van der Waals surface area contributed by atoms with Gasteiger partial charge in [-0.1, -0.05) is 38.2 Å². The maximum atomic E-state index is 13.9. The molecule has 0 radical (unpaired) electrons. The monoisotopic (exact) mass is 741 g/mol. The molecule has 2 aromatic carbocycles. The average Bonchev–Trinajstić information content (AvgIpc) is 3.83. The molecule has 4 unspecified atom stereocenters. The number of aldehydes is 1. The fraction of sp³-hybridized carbons (Fsp3) is 0.512. The van der Waals surface area contributed by atoms with E-state index in [2.05, 4.69) is 24.0 Å². The van der Waals surface area contributed by atoms with Gasteiger partial charge in [0, 0.05) is 54.1 Å². The molecule has 1 saturated carbocycles. The molecular formula is C43H51NO10. The molecule has 54 heavy (non-hydrogen) atoms. The van der Waals surface area contributed by atoms with E-state index in [-0.39, 0.29) is 73.4 Å². The Kier molecular flexibility index (Phi) is 11.0. The maximum absolute atomic E-state index is 13.9. The van der Waals surface area contributed by atoms with Crippen LogP contribution in [0.1, 0.15) is 112 Å². The van der Waals surface area contributed by atoms with Crippen LogP contribution in [-0.2, 0) is 38.6 Å². The number of hydrogen-bond donors (Lipinski definition) is 4. The first-order valence-electron chi connectivity index (χ1n) is 19.5. The summed E-state index contributed by atoms with van der Waals surface area (Å²) in [5.41, 5.74) is 4.05. The Balaban J connectivity index is 1.47. The molecule has 4 aliphatic rings. The normalized spacial score (nSPS) is 22.0. The van der Waals surface area contributed by atoms with Gasteiger partial charge in [-0.15, -0.1) is 0 Å². The second-order valence-corrected chi connectivity index (χ2v) is 15.4. The van der Waals surface area contributed by atoms with Crippen LogP contribution in [0.4, 0.5) is 0 Å². The molecule has 0 spiro atoms. The lowest BCUT2D eigenvalue weighted by atomic mass is 9.74. The van der Waals surface area contributed by atoms with Crippen LogP contribution < -0.4 is 14.2 Å². The number of Topliss-reactive ketones (excluding diaryl/α,β-unsaturated/α-hetero) is 1. The van der Waals surface area contributed by atoms with Crippen molar-refractivity contribution in [3.63, 3.8) is 0 Å². The molecule has 2 bridgehead atoms. The standard InChI is InChI=1S/C43H51NO10/c1-4-6-7-8-14-43(3,50)35-19-30-38(53-35)32(22-47)40-37-36(31(21-46)41(54-40)42(49)51-5-2)27-11-12-34(48)29(17-27)28-16-26-13-15-44-33(26)18-25(28)10-9-24(20-45)23-52-39(30)37/h13,15-16,18,21,24,29,35,44-45,47,50H,4-12,14,17,19-20,22-23H2,1-3H3. The Labute approximate surface area is 315 Å². The highest BCUT2D eigenvalue weighted by Crippen LogP contribution is 2.57. The molecule has 7 rings (SSSR count). The molecule has 11 heteroatoms. The van der Waals surface area contributed by atoms with Crippen LogP contribution in [0.5, 0.6) is 17.2 Å². The fourth-order valence-electron chi connectivity index (χ4n) is 8.70. The number of ether oxygens (including phenoxy) is 4. The SMILES string of the molecule is CCCCCCC(C)(O)C1Cc2c(c(CO)c3c4c2OCC(CO)CCc2cc5[nH]ccc5cc2C2CC(=C4C(C=O)=C(C(=O)OCC)O3)CCC2=O)O1. The Morgan fingerprint density at radius 1 is 1.07 bits per heavy atom. The third-order valence-electron chi connectivity index (χ3n) is 11.7. The number of allylic oxidation sites excluding steroid dienone is 3. The molecule has 3 aromatic rings. The van der Waals surface area contributed by atoms with Gasteiger partial charge >= 0.3 is 5.97 Å². The zero-order valence-corrected chi connectivity index (χ0v) is 31.4. The first-order chi connectivity index (χ1) is 26.1. The largest absolute Gasteiger partial charge is 0.492 e. The van der Waals surface area contributed by atoms with Crippen molar-refractivity contribution in [2.24, 2.45) is 5.92 Å². The molecule has 1 fully saturated rings. The summed E-state index contributed by atoms with van der Waals surface area (Å²) in [4.78, 5) is 44.0. The number of ketones is 1. The van der Waals surface area contributed by atoms with E-state index < -0.39 is 30.2 Å². The number of aryl methyl sites for hydroxylation is 1. The summed E-state index contributed by atoms with van der Waals surface area (Å²) in [5.74, 6) is -1.17. The van der Waals surface area contributed by atoms with Crippen molar-refractivity contribution in [3.05, 3.63) is 69.1 Å². The number of aliphatic hydroxyl groups is 3. The number of rotatable bonds is 11. The van der Waals surface area contributed by atoms with Crippen molar-refractivity contribution in [2.45, 2.75) is 116 Å². The quantitative estimate of drug-likeness (QED) is 0.0994. The van der Waals surface area contributed by atoms with E-state index in [4.69, 9.17) is 18.9 Å². The topological polar surface area (TPSA) is 165 Å². The van der Waals surface area contributed by atoms with Gasteiger partial charge in [0.15, 0.2) is 6.29 Å². The molecule has 1 aliphatic carbocycles. The first-order valence-corrected chi connectivity index (χ1v) is 19.5. The van der Waals surface area contributed by atoms with Crippen molar-refractivity contribution in [3.8, 4) is 17.2 Å². The minimum atomic E-state index is -1.22. The van der Waals surface area contributed by atoms with Gasteiger partial charge in [-0.3, -0.25) is 9.59 Å². The molecule has 4 atom stereocenters. The van der Waals surface area contributed by atoms with Crippen molar-refractivity contribution in [1.82, 2.24) is 4.98 Å². The Bertz CT molecular complexity index is 2020. The number of benzene rings is 2. The Morgan fingerprint density at radius 2 is 1.91 bits per heavy atom. The first kappa shape index (κ1) is 37.8. The highest BCUT2D eigenvalue weighted by Gasteiger charge is 2.46. The summed E-state index contributed by atoms with van der Waals surface area (Å²) in [5, 5.41) is 34.4. The van der Waals surface area contributed by atoms with Crippen molar-refractivity contribution < 1.29 is 48.7 Å². The number of aromatic nitrogens is 1. The summed E-state index contributed by atoms with van der Waals surface area (Å²) >= 11 is 0. The molecule has 0 amide bonds. The van der Waals surface area contributed by atoms with Crippen LogP contribution in [-0.4, -0.2) is 69.9 Å². The number of esters is 1. The van der Waals surface area contributed by atoms with Crippen molar-refractivity contribution in [1.29, 1.82) is 0 Å². The van der Waals surface area contributed by atoms with Crippen LogP contribution >= 0.6 is 0 Å². The average molecular weight is 742 g/mol. The van der Waals surface area contributed by atoms with E-state index in [1.54, 1.807) is 13.8 Å². The zero-order valence-electron chi connectivity index (χ0n) is 31.4. The van der Waals surface area contributed by atoms with Crippen molar-refractivity contribution >= 4 is 34.5 Å².